The second-order valence-electron chi connectivity index (χ2n) is 8.51. The van der Waals surface area contributed by atoms with Gasteiger partial charge in [-0.3, -0.25) is 9.36 Å². The van der Waals surface area contributed by atoms with Crippen LogP contribution in [-0.4, -0.2) is 18.4 Å². The van der Waals surface area contributed by atoms with Gasteiger partial charge in [-0.25, -0.2) is 13.2 Å². The van der Waals surface area contributed by atoms with Crippen molar-refractivity contribution in [2.24, 2.45) is 0 Å². The molecule has 0 saturated carbocycles. The molecule has 0 amide bonds. The van der Waals surface area contributed by atoms with Crippen molar-refractivity contribution in [1.29, 1.82) is 5.26 Å². The molecule has 2 aromatic heterocycles. The van der Waals surface area contributed by atoms with E-state index < -0.39 is 64.9 Å². The van der Waals surface area contributed by atoms with Crippen molar-refractivity contribution in [1.82, 2.24) is 4.57 Å². The van der Waals surface area contributed by atoms with Crippen LogP contribution in [0.5, 0.6) is 5.75 Å². The number of rotatable bonds is 7. The van der Waals surface area contributed by atoms with Gasteiger partial charge in [-0.1, -0.05) is 18.2 Å². The molecule has 0 radical (unpaired) electrons. The van der Waals surface area contributed by atoms with Gasteiger partial charge in [0.2, 0.25) is 0 Å². The Morgan fingerprint density at radius 1 is 1.02 bits per heavy atom. The molecule has 0 aliphatic carbocycles. The van der Waals surface area contributed by atoms with Gasteiger partial charge < -0.3 is 9.15 Å². The quantitative estimate of drug-likeness (QED) is 0.224. The number of alkyl halides is 6. The van der Waals surface area contributed by atoms with Crippen LogP contribution in [0, 0.1) is 23.0 Å². The Kier molecular flexibility index (Phi) is 7.47. The van der Waals surface area contributed by atoms with E-state index >= 15 is 0 Å². The molecule has 4 rings (SSSR count). The van der Waals surface area contributed by atoms with Crippen LogP contribution >= 0.6 is 0 Å². The smallest absolute Gasteiger partial charge is 0.417 e. The van der Waals surface area contributed by atoms with Crippen LogP contribution in [0.25, 0.3) is 22.6 Å². The lowest BCUT2D eigenvalue weighted by atomic mass is 10.0. The molecule has 0 N–H and O–H groups in total. The van der Waals surface area contributed by atoms with Crippen molar-refractivity contribution in [3.63, 3.8) is 0 Å². The van der Waals surface area contributed by atoms with E-state index in [2.05, 4.69) is 0 Å². The molecule has 0 saturated heterocycles. The number of nitriles is 1. The third kappa shape index (κ3) is 5.29. The normalized spacial score (nSPS) is 11.9. The van der Waals surface area contributed by atoms with E-state index in [1.54, 1.807) is 0 Å². The summed E-state index contributed by atoms with van der Waals surface area (Å²) in [6.45, 7) is -2.66. The number of benzene rings is 2. The monoisotopic (exact) mass is 568 g/mol. The number of nitrogens with zero attached hydrogens (tertiary/aromatic N) is 2. The highest BCUT2D eigenvalue weighted by Crippen LogP contribution is 2.39. The van der Waals surface area contributed by atoms with Crippen LogP contribution in [0.3, 0.4) is 0 Å². The van der Waals surface area contributed by atoms with Crippen molar-refractivity contribution in [3.05, 3.63) is 99.0 Å². The molecule has 0 aliphatic rings. The molecule has 2 heterocycles. The average molecular weight is 568 g/mol. The predicted octanol–water partition coefficient (Wildman–Crippen LogP) is 7.06. The van der Waals surface area contributed by atoms with E-state index in [9.17, 15) is 45.2 Å². The number of pyridine rings is 1. The molecule has 13 heteroatoms. The maximum absolute atomic E-state index is 14.4. The first-order chi connectivity index (χ1) is 18.8. The number of methoxy groups -OCH3 is 1. The van der Waals surface area contributed by atoms with E-state index in [0.717, 1.165) is 43.7 Å². The van der Waals surface area contributed by atoms with E-state index in [0.29, 0.717) is 16.7 Å². The summed E-state index contributed by atoms with van der Waals surface area (Å²) in [5.41, 5.74) is -5.44. The molecule has 5 nitrogen and oxygen atoms in total. The molecule has 0 aliphatic heterocycles. The minimum absolute atomic E-state index is 0.117. The van der Waals surface area contributed by atoms with Crippen LogP contribution in [0.15, 0.2) is 64.0 Å². The zero-order chi connectivity index (χ0) is 29.4. The lowest BCUT2D eigenvalue weighted by Crippen LogP contribution is -2.29. The Morgan fingerprint density at radius 2 is 1.75 bits per heavy atom. The SMILES string of the molecule is COc1cc(C(F)(F)CF)ccc1-c1coc(-c2cc(C(F)(F)F)c(C#N)c(=O)n2Cc2ccc(F)cc2F)c1. The molecule has 40 heavy (non-hydrogen) atoms. The standard InChI is InChI=1S/C27H16F8N2O3/c1-39-23-7-16(26(31,32)13-28)3-5-18(23)15-6-24(40-12-15)22-9-20(27(33,34)35)19(10-36)25(38)37(22)11-14-2-4-17(29)8-21(14)30/h2-9,12H,11,13H2,1H3. The Bertz CT molecular complexity index is 1680. The second-order valence-corrected chi connectivity index (χ2v) is 8.51. The first-order valence-corrected chi connectivity index (χ1v) is 11.2. The molecule has 0 bridgehead atoms. The molecule has 0 unspecified atom stereocenters. The highest BCUT2D eigenvalue weighted by molar-refractivity contribution is 5.74. The summed E-state index contributed by atoms with van der Waals surface area (Å²) in [6, 6.07) is 8.23. The summed E-state index contributed by atoms with van der Waals surface area (Å²) >= 11 is 0. The van der Waals surface area contributed by atoms with Crippen LogP contribution in [-0.2, 0) is 18.6 Å². The van der Waals surface area contributed by atoms with Crippen molar-refractivity contribution in [2.45, 2.75) is 18.6 Å². The maximum atomic E-state index is 14.4. The molecular formula is C27H16F8N2O3. The highest BCUT2D eigenvalue weighted by atomic mass is 19.4. The number of ether oxygens (including phenoxy) is 1. The summed E-state index contributed by atoms with van der Waals surface area (Å²) in [5, 5.41) is 9.31. The fourth-order valence-electron chi connectivity index (χ4n) is 4.01. The zero-order valence-corrected chi connectivity index (χ0v) is 20.3. The number of hydrogen-bond acceptors (Lipinski definition) is 4. The van der Waals surface area contributed by atoms with Gasteiger partial charge in [-0.2, -0.15) is 27.2 Å². The Balaban J connectivity index is 1.91. The lowest BCUT2D eigenvalue weighted by Gasteiger charge is -2.16. The molecule has 208 valence electrons. The number of halogens is 8. The van der Waals surface area contributed by atoms with Crippen LogP contribution in [0.4, 0.5) is 35.1 Å². The average Bonchev–Trinajstić information content (AvgIpc) is 3.39. The number of furan rings is 1. The summed E-state index contributed by atoms with van der Waals surface area (Å²) in [6.07, 6.45) is -4.09. The minimum Gasteiger partial charge on any atom is -0.496 e. The summed E-state index contributed by atoms with van der Waals surface area (Å²) in [4.78, 5) is 13.1. The van der Waals surface area contributed by atoms with Gasteiger partial charge in [0, 0.05) is 28.3 Å². The van der Waals surface area contributed by atoms with Gasteiger partial charge in [0.15, 0.2) is 12.4 Å². The summed E-state index contributed by atoms with van der Waals surface area (Å²) in [5.74, 6) is -6.30. The predicted molar refractivity (Wildman–Crippen MR) is 125 cm³/mol. The van der Waals surface area contributed by atoms with Gasteiger partial charge in [0.25, 0.3) is 5.56 Å². The third-order valence-electron chi connectivity index (χ3n) is 6.02. The first kappa shape index (κ1) is 28.4. The van der Waals surface area contributed by atoms with Crippen molar-refractivity contribution < 1.29 is 44.3 Å². The summed E-state index contributed by atoms with van der Waals surface area (Å²) < 4.78 is 121. The van der Waals surface area contributed by atoms with E-state index in [4.69, 9.17) is 9.15 Å². The highest BCUT2D eigenvalue weighted by Gasteiger charge is 2.37. The van der Waals surface area contributed by atoms with E-state index in [1.807, 2.05) is 0 Å². The fraction of sp³-hybridized carbons (Fsp3) is 0.185. The van der Waals surface area contributed by atoms with Gasteiger partial charge in [0.05, 0.1) is 31.2 Å². The Hall–Kier alpha value is -4.60. The number of aromatic nitrogens is 1. The minimum atomic E-state index is -5.13. The van der Waals surface area contributed by atoms with Crippen molar-refractivity contribution in [3.8, 4) is 34.4 Å². The first-order valence-electron chi connectivity index (χ1n) is 11.2. The van der Waals surface area contributed by atoms with Crippen LogP contribution < -0.4 is 10.3 Å². The van der Waals surface area contributed by atoms with E-state index in [1.165, 1.54) is 12.1 Å². The van der Waals surface area contributed by atoms with Gasteiger partial charge in [0.1, 0.15) is 29.0 Å². The molecular weight excluding hydrogens is 552 g/mol. The topological polar surface area (TPSA) is 68.2 Å². The third-order valence-corrected chi connectivity index (χ3v) is 6.02. The Morgan fingerprint density at radius 3 is 2.35 bits per heavy atom. The summed E-state index contributed by atoms with van der Waals surface area (Å²) in [7, 11) is 1.16. The van der Waals surface area contributed by atoms with Crippen LogP contribution in [0.2, 0.25) is 0 Å². The maximum Gasteiger partial charge on any atom is 0.417 e. The molecule has 0 spiro atoms. The molecule has 0 fully saturated rings. The molecule has 0 atom stereocenters. The molecule has 4 aromatic rings. The largest absolute Gasteiger partial charge is 0.496 e. The molecule has 2 aromatic carbocycles. The fourth-order valence-corrected chi connectivity index (χ4v) is 4.01. The van der Waals surface area contributed by atoms with E-state index in [-0.39, 0.29) is 28.2 Å². The second kappa shape index (κ2) is 10.5. The lowest BCUT2D eigenvalue weighted by molar-refractivity contribution is -0.137. The van der Waals surface area contributed by atoms with Gasteiger partial charge in [-0.05, 0) is 24.3 Å². The number of hydrogen-bond donors (Lipinski definition) is 0. The Labute approximate surface area is 220 Å². The van der Waals surface area contributed by atoms with Gasteiger partial charge in [-0.15, -0.1) is 0 Å². The van der Waals surface area contributed by atoms with Crippen molar-refractivity contribution in [2.75, 3.05) is 13.8 Å². The van der Waals surface area contributed by atoms with Gasteiger partial charge >= 0.3 is 12.1 Å². The van der Waals surface area contributed by atoms with Crippen molar-refractivity contribution >= 4 is 0 Å². The van der Waals surface area contributed by atoms with Crippen LogP contribution in [0.1, 0.15) is 22.3 Å². The zero-order valence-electron chi connectivity index (χ0n) is 20.3.